The second kappa shape index (κ2) is 9.80. The average Bonchev–Trinajstić information content (AvgIpc) is 3.65. The van der Waals surface area contributed by atoms with E-state index in [4.69, 9.17) is 15.0 Å². The van der Waals surface area contributed by atoms with Crippen molar-refractivity contribution in [3.8, 4) is 61.4 Å². The lowest BCUT2D eigenvalue weighted by Gasteiger charge is -2.13. The zero-order valence-electron chi connectivity index (χ0n) is 24.6. The van der Waals surface area contributed by atoms with Gasteiger partial charge in [-0.25, -0.2) is 4.98 Å². The Morgan fingerprint density at radius 1 is 0.413 bits per heavy atom. The molecule has 0 N–H and O–H groups in total. The van der Waals surface area contributed by atoms with Gasteiger partial charge in [0, 0.05) is 42.4 Å². The number of thiophene rings is 1. The van der Waals surface area contributed by atoms with Crippen LogP contribution in [0.15, 0.2) is 146 Å². The molecule has 0 unspecified atom stereocenters. The average molecular weight is 605 g/mol. The van der Waals surface area contributed by atoms with Gasteiger partial charge >= 0.3 is 0 Å². The number of rotatable bonds is 4. The van der Waals surface area contributed by atoms with Crippen LogP contribution < -0.4 is 0 Å². The lowest BCUT2D eigenvalue weighted by atomic mass is 9.93. The molecule has 3 aromatic heterocycles. The molecule has 0 atom stereocenters. The molecule has 1 aliphatic rings. The summed E-state index contributed by atoms with van der Waals surface area (Å²) in [5.74, 6) is 1.91. The SMILES string of the molecule is c1ccc(-c2nc(-c3ccccc3)nc(-n3c4cccc5c4c4c6c(c(-c7ccccc7)sc6ccc43)-c3ccccc3-5)n2)cc1. The van der Waals surface area contributed by atoms with Crippen molar-refractivity contribution in [3.05, 3.63) is 146 Å². The smallest absolute Gasteiger partial charge is 0.238 e. The first-order chi connectivity index (χ1) is 22.8. The maximum Gasteiger partial charge on any atom is 0.238 e. The zero-order valence-corrected chi connectivity index (χ0v) is 25.4. The van der Waals surface area contributed by atoms with E-state index in [0.717, 1.165) is 22.2 Å². The van der Waals surface area contributed by atoms with Gasteiger partial charge in [0.05, 0.1) is 11.0 Å². The molecule has 0 radical (unpaired) electrons. The van der Waals surface area contributed by atoms with E-state index in [0.29, 0.717) is 17.6 Å². The number of nitrogens with zero attached hydrogens (tertiary/aromatic N) is 4. The Morgan fingerprint density at radius 2 is 0.978 bits per heavy atom. The molecule has 0 amide bonds. The van der Waals surface area contributed by atoms with Gasteiger partial charge in [-0.05, 0) is 40.5 Å². The van der Waals surface area contributed by atoms with Crippen LogP contribution >= 0.6 is 11.3 Å². The number of hydrogen-bond acceptors (Lipinski definition) is 4. The molecule has 0 fully saturated rings. The van der Waals surface area contributed by atoms with E-state index in [1.165, 1.54) is 53.6 Å². The minimum Gasteiger partial charge on any atom is -0.278 e. The van der Waals surface area contributed by atoms with Gasteiger partial charge in [0.2, 0.25) is 5.95 Å². The van der Waals surface area contributed by atoms with Gasteiger partial charge in [0.1, 0.15) is 0 Å². The molecule has 5 heteroatoms. The standard InChI is InChI=1S/C41H24N4S/c1-4-13-25(14-5-1)38-35-30-20-11-10-19-28(30)29-21-12-22-31-34(29)36-32(23-24-33(46-38)37(35)36)45(31)41-43-39(26-15-6-2-7-16-26)42-40(44-41)27-17-8-3-9-18-27/h1-24H. The first-order valence-corrected chi connectivity index (χ1v) is 16.2. The Kier molecular flexibility index (Phi) is 5.41. The molecule has 1 aliphatic carbocycles. The van der Waals surface area contributed by atoms with Gasteiger partial charge < -0.3 is 0 Å². The summed E-state index contributed by atoms with van der Waals surface area (Å²) in [5, 5.41) is 3.77. The Labute approximate surface area is 268 Å². The predicted octanol–water partition coefficient (Wildman–Crippen LogP) is 10.8. The van der Waals surface area contributed by atoms with Crippen molar-refractivity contribution >= 4 is 43.2 Å². The van der Waals surface area contributed by atoms with E-state index >= 15 is 0 Å². The molecule has 9 aromatic rings. The molecular formula is C41H24N4S. The van der Waals surface area contributed by atoms with E-state index in [-0.39, 0.29) is 0 Å². The van der Waals surface area contributed by atoms with Gasteiger partial charge in [-0.3, -0.25) is 4.57 Å². The monoisotopic (exact) mass is 604 g/mol. The topological polar surface area (TPSA) is 43.6 Å². The van der Waals surface area contributed by atoms with Crippen molar-refractivity contribution in [2.75, 3.05) is 0 Å². The molecule has 0 saturated carbocycles. The molecular weight excluding hydrogens is 581 g/mol. The van der Waals surface area contributed by atoms with Crippen molar-refractivity contribution < 1.29 is 0 Å². The van der Waals surface area contributed by atoms with E-state index in [1.807, 2.05) is 47.7 Å². The van der Waals surface area contributed by atoms with Gasteiger partial charge in [-0.2, -0.15) is 9.97 Å². The van der Waals surface area contributed by atoms with Crippen molar-refractivity contribution in [1.29, 1.82) is 0 Å². The second-order valence-corrected chi connectivity index (χ2v) is 12.7. The Balaban J connectivity index is 1.36. The number of benzene rings is 6. The fraction of sp³-hybridized carbons (Fsp3) is 0. The van der Waals surface area contributed by atoms with Gasteiger partial charge in [0.15, 0.2) is 11.6 Å². The van der Waals surface area contributed by atoms with E-state index in [2.05, 4.69) is 114 Å². The fourth-order valence-electron chi connectivity index (χ4n) is 7.06. The molecule has 0 aliphatic heterocycles. The van der Waals surface area contributed by atoms with Gasteiger partial charge in [-0.15, -0.1) is 11.3 Å². The highest BCUT2D eigenvalue weighted by atomic mass is 32.1. The molecule has 4 nitrogen and oxygen atoms in total. The van der Waals surface area contributed by atoms with Crippen LogP contribution in [0.5, 0.6) is 0 Å². The van der Waals surface area contributed by atoms with Crippen molar-refractivity contribution in [3.63, 3.8) is 0 Å². The van der Waals surface area contributed by atoms with Crippen LogP contribution in [-0.4, -0.2) is 19.5 Å². The lowest BCUT2D eigenvalue weighted by Crippen LogP contribution is -2.06. The van der Waals surface area contributed by atoms with Crippen LogP contribution in [0.2, 0.25) is 0 Å². The van der Waals surface area contributed by atoms with E-state index in [9.17, 15) is 0 Å². The van der Waals surface area contributed by atoms with Gasteiger partial charge in [0.25, 0.3) is 0 Å². The lowest BCUT2D eigenvalue weighted by molar-refractivity contribution is 0.953. The molecule has 6 aromatic carbocycles. The minimum absolute atomic E-state index is 0.609. The van der Waals surface area contributed by atoms with Gasteiger partial charge in [-0.1, -0.05) is 127 Å². The summed E-state index contributed by atoms with van der Waals surface area (Å²) >= 11 is 1.87. The molecule has 10 rings (SSSR count). The molecule has 3 heterocycles. The highest BCUT2D eigenvalue weighted by Crippen LogP contribution is 2.55. The third-order valence-corrected chi connectivity index (χ3v) is 10.2. The first kappa shape index (κ1) is 25.4. The Morgan fingerprint density at radius 3 is 1.65 bits per heavy atom. The van der Waals surface area contributed by atoms with Crippen LogP contribution in [0.3, 0.4) is 0 Å². The number of aromatic nitrogens is 4. The van der Waals surface area contributed by atoms with E-state index < -0.39 is 0 Å². The Bertz CT molecular complexity index is 2560. The predicted molar refractivity (Wildman–Crippen MR) is 190 cm³/mol. The van der Waals surface area contributed by atoms with Crippen molar-refractivity contribution in [2.24, 2.45) is 0 Å². The highest BCUT2D eigenvalue weighted by molar-refractivity contribution is 7.23. The second-order valence-electron chi connectivity index (χ2n) is 11.6. The summed E-state index contributed by atoms with van der Waals surface area (Å²) in [5.41, 5.74) is 10.4. The number of fused-ring (bicyclic) bond motifs is 3. The van der Waals surface area contributed by atoms with Crippen LogP contribution in [-0.2, 0) is 0 Å². The minimum atomic E-state index is 0.609. The zero-order chi connectivity index (χ0) is 30.2. The van der Waals surface area contributed by atoms with Crippen LogP contribution in [0, 0.1) is 0 Å². The van der Waals surface area contributed by atoms with Crippen molar-refractivity contribution in [1.82, 2.24) is 19.5 Å². The third-order valence-electron chi connectivity index (χ3n) is 9.02. The largest absolute Gasteiger partial charge is 0.278 e. The fourth-order valence-corrected chi connectivity index (χ4v) is 8.29. The molecule has 0 saturated heterocycles. The normalized spacial score (nSPS) is 11.9. The summed E-state index contributed by atoms with van der Waals surface area (Å²) in [6.45, 7) is 0. The molecule has 0 bridgehead atoms. The molecule has 214 valence electrons. The highest BCUT2D eigenvalue weighted by Gasteiger charge is 2.29. The Hall–Kier alpha value is -5.91. The summed E-state index contributed by atoms with van der Waals surface area (Å²) < 4.78 is 3.52. The molecule has 0 spiro atoms. The van der Waals surface area contributed by atoms with Crippen LogP contribution in [0.1, 0.15) is 0 Å². The molecule has 46 heavy (non-hydrogen) atoms. The van der Waals surface area contributed by atoms with Crippen molar-refractivity contribution in [2.45, 2.75) is 0 Å². The van der Waals surface area contributed by atoms with E-state index in [1.54, 1.807) is 0 Å². The summed E-state index contributed by atoms with van der Waals surface area (Å²) in [6.07, 6.45) is 0. The number of hydrogen-bond donors (Lipinski definition) is 0. The van der Waals surface area contributed by atoms with Crippen LogP contribution in [0.25, 0.3) is 93.3 Å². The summed E-state index contributed by atoms with van der Waals surface area (Å²) in [4.78, 5) is 16.6. The summed E-state index contributed by atoms with van der Waals surface area (Å²) in [6, 6.07) is 51.2. The maximum absolute atomic E-state index is 5.16. The third kappa shape index (κ3) is 3.63. The summed E-state index contributed by atoms with van der Waals surface area (Å²) in [7, 11) is 0. The maximum atomic E-state index is 5.16. The quantitative estimate of drug-likeness (QED) is 0.201. The first-order valence-electron chi connectivity index (χ1n) is 15.4. The van der Waals surface area contributed by atoms with Crippen LogP contribution in [0.4, 0.5) is 0 Å².